The number of hydrogen-bond donors (Lipinski definition) is 1. The average Bonchev–Trinajstić information content (AvgIpc) is 2.64. The van der Waals surface area contributed by atoms with E-state index in [9.17, 15) is 20.0 Å². The smallest absolute Gasteiger partial charge is 0.271 e. The number of carbonyl (C=O) groups is 1. The third-order valence-electron chi connectivity index (χ3n) is 4.30. The fourth-order valence-corrected chi connectivity index (χ4v) is 3.08. The molecule has 0 saturated heterocycles. The molecule has 0 fully saturated rings. The van der Waals surface area contributed by atoms with Gasteiger partial charge in [0.15, 0.2) is 6.61 Å². The van der Waals surface area contributed by atoms with Crippen LogP contribution in [-0.4, -0.2) is 35.8 Å². The van der Waals surface area contributed by atoms with Gasteiger partial charge in [0, 0.05) is 25.3 Å². The highest BCUT2D eigenvalue weighted by atomic mass is 35.5. The number of pyridine rings is 1. The summed E-state index contributed by atoms with van der Waals surface area (Å²) < 4.78 is 11.5. The zero-order valence-corrected chi connectivity index (χ0v) is 16.7. The first-order valence-corrected chi connectivity index (χ1v) is 8.97. The molecule has 1 N–H and O–H groups in total. The maximum atomic E-state index is 12.7. The SMILES string of the molecule is COCCCn1c(O)c(C(=O)COc2ccc(Cl)cc2C)c(C)c(C#N)c1=O. The number of rotatable bonds is 8. The first-order chi connectivity index (χ1) is 13.3. The molecule has 0 unspecified atom stereocenters. The van der Waals surface area contributed by atoms with Gasteiger partial charge in [-0.1, -0.05) is 11.6 Å². The van der Waals surface area contributed by atoms with Crippen LogP contribution in [0.2, 0.25) is 5.02 Å². The van der Waals surface area contributed by atoms with E-state index in [1.165, 1.54) is 14.0 Å². The number of Topliss-reactive ketones (excluding diaryl/α,β-unsaturated/α-hetero) is 1. The molecule has 0 saturated carbocycles. The van der Waals surface area contributed by atoms with Gasteiger partial charge in [-0.3, -0.25) is 14.2 Å². The second-order valence-electron chi connectivity index (χ2n) is 6.24. The van der Waals surface area contributed by atoms with Crippen LogP contribution in [-0.2, 0) is 11.3 Å². The van der Waals surface area contributed by atoms with E-state index in [1.807, 2.05) is 6.07 Å². The number of aromatic nitrogens is 1. The van der Waals surface area contributed by atoms with E-state index in [-0.39, 0.29) is 29.8 Å². The number of methoxy groups -OCH3 is 1. The van der Waals surface area contributed by atoms with E-state index in [4.69, 9.17) is 21.1 Å². The van der Waals surface area contributed by atoms with E-state index < -0.39 is 17.2 Å². The van der Waals surface area contributed by atoms with E-state index in [2.05, 4.69) is 0 Å². The van der Waals surface area contributed by atoms with Crippen LogP contribution in [0.3, 0.4) is 0 Å². The summed E-state index contributed by atoms with van der Waals surface area (Å²) in [7, 11) is 1.52. The lowest BCUT2D eigenvalue weighted by Gasteiger charge is -2.16. The Morgan fingerprint density at radius 1 is 1.36 bits per heavy atom. The van der Waals surface area contributed by atoms with E-state index in [0.717, 1.165) is 10.1 Å². The molecular formula is C20H21ClN2O5. The Balaban J connectivity index is 2.37. The Labute approximate surface area is 167 Å². The maximum absolute atomic E-state index is 12.7. The summed E-state index contributed by atoms with van der Waals surface area (Å²) in [5, 5.41) is 20.4. The van der Waals surface area contributed by atoms with E-state index in [1.54, 1.807) is 25.1 Å². The summed E-state index contributed by atoms with van der Waals surface area (Å²) in [5.74, 6) is -0.538. The van der Waals surface area contributed by atoms with E-state index >= 15 is 0 Å². The Kier molecular flexibility index (Phi) is 7.21. The number of ketones is 1. The molecule has 0 bridgehead atoms. The fraction of sp³-hybridized carbons (Fsp3) is 0.350. The second-order valence-corrected chi connectivity index (χ2v) is 6.67. The van der Waals surface area contributed by atoms with Crippen molar-refractivity contribution < 1.29 is 19.4 Å². The quantitative estimate of drug-likeness (QED) is 0.536. The highest BCUT2D eigenvalue weighted by molar-refractivity contribution is 6.30. The molecule has 0 aliphatic rings. The van der Waals surface area contributed by atoms with Crippen LogP contribution < -0.4 is 10.3 Å². The van der Waals surface area contributed by atoms with Crippen molar-refractivity contribution in [1.82, 2.24) is 4.57 Å². The summed E-state index contributed by atoms with van der Waals surface area (Å²) in [4.78, 5) is 25.2. The summed E-state index contributed by atoms with van der Waals surface area (Å²) in [5.41, 5.74) is -0.0287. The average molecular weight is 405 g/mol. The fourth-order valence-electron chi connectivity index (χ4n) is 2.85. The lowest BCUT2D eigenvalue weighted by atomic mass is 10.0. The van der Waals surface area contributed by atoms with Crippen molar-refractivity contribution in [1.29, 1.82) is 5.26 Å². The molecule has 8 heteroatoms. The largest absolute Gasteiger partial charge is 0.494 e. The molecular weight excluding hydrogens is 384 g/mol. The molecule has 1 aromatic heterocycles. The molecule has 0 atom stereocenters. The molecule has 0 radical (unpaired) electrons. The number of hydrogen-bond acceptors (Lipinski definition) is 6. The lowest BCUT2D eigenvalue weighted by molar-refractivity contribution is 0.0915. The van der Waals surface area contributed by atoms with Gasteiger partial charge in [0.05, 0.1) is 5.56 Å². The number of aromatic hydroxyl groups is 1. The van der Waals surface area contributed by atoms with Gasteiger partial charge in [0.25, 0.3) is 5.56 Å². The molecule has 148 valence electrons. The monoisotopic (exact) mass is 404 g/mol. The van der Waals surface area contributed by atoms with Crippen LogP contribution in [0.15, 0.2) is 23.0 Å². The first kappa shape index (κ1) is 21.5. The number of nitriles is 1. The van der Waals surface area contributed by atoms with Gasteiger partial charge < -0.3 is 14.6 Å². The molecule has 0 spiro atoms. The summed E-state index contributed by atoms with van der Waals surface area (Å²) in [6.07, 6.45) is 0.437. The second kappa shape index (κ2) is 9.40. The molecule has 0 aliphatic heterocycles. The molecule has 0 amide bonds. The van der Waals surface area contributed by atoms with Crippen molar-refractivity contribution in [3.63, 3.8) is 0 Å². The summed E-state index contributed by atoms with van der Waals surface area (Å²) in [6.45, 7) is 3.37. The number of ether oxygens (including phenoxy) is 2. The third kappa shape index (κ3) is 4.53. The van der Waals surface area contributed by atoms with Gasteiger partial charge >= 0.3 is 0 Å². The molecule has 1 heterocycles. The maximum Gasteiger partial charge on any atom is 0.271 e. The highest BCUT2D eigenvalue weighted by Crippen LogP contribution is 2.25. The zero-order valence-electron chi connectivity index (χ0n) is 15.9. The van der Waals surface area contributed by atoms with Gasteiger partial charge in [-0.25, -0.2) is 0 Å². The minimum atomic E-state index is -0.639. The Morgan fingerprint density at radius 3 is 2.68 bits per heavy atom. The Bertz CT molecular complexity index is 992. The number of aryl methyl sites for hydroxylation is 1. The van der Waals surface area contributed by atoms with Gasteiger partial charge in [-0.15, -0.1) is 0 Å². The lowest BCUT2D eigenvalue weighted by Crippen LogP contribution is -2.28. The van der Waals surface area contributed by atoms with Crippen molar-refractivity contribution in [2.24, 2.45) is 0 Å². The number of carbonyl (C=O) groups excluding carboxylic acids is 1. The van der Waals surface area contributed by atoms with Gasteiger partial charge in [-0.05, 0) is 49.6 Å². The Hall–Kier alpha value is -2.82. The van der Waals surface area contributed by atoms with Crippen LogP contribution in [0.5, 0.6) is 11.6 Å². The van der Waals surface area contributed by atoms with Crippen molar-refractivity contribution in [2.75, 3.05) is 20.3 Å². The minimum Gasteiger partial charge on any atom is -0.494 e. The van der Waals surface area contributed by atoms with Crippen molar-refractivity contribution in [3.05, 3.63) is 55.8 Å². The van der Waals surface area contributed by atoms with Crippen LogP contribution in [0.4, 0.5) is 0 Å². The van der Waals surface area contributed by atoms with Crippen molar-refractivity contribution in [3.8, 4) is 17.7 Å². The topological polar surface area (TPSA) is 102 Å². The number of nitrogens with zero attached hydrogens (tertiary/aromatic N) is 2. The molecule has 28 heavy (non-hydrogen) atoms. The minimum absolute atomic E-state index is 0.0971. The standard InChI is InChI=1S/C20H21ClN2O5/c1-12-9-14(21)5-6-17(12)28-11-16(24)18-13(2)15(10-22)19(25)23(20(18)26)7-4-8-27-3/h5-6,9,26H,4,7-8,11H2,1-3H3. The van der Waals surface area contributed by atoms with Crippen molar-refractivity contribution >= 4 is 17.4 Å². The summed E-state index contributed by atoms with van der Waals surface area (Å²) >= 11 is 5.91. The number of benzene rings is 1. The van der Waals surface area contributed by atoms with Crippen molar-refractivity contribution in [2.45, 2.75) is 26.8 Å². The predicted molar refractivity (Wildman–Crippen MR) is 104 cm³/mol. The molecule has 7 nitrogen and oxygen atoms in total. The Morgan fingerprint density at radius 2 is 2.07 bits per heavy atom. The molecule has 0 aliphatic carbocycles. The molecule has 2 rings (SSSR count). The molecule has 1 aromatic carbocycles. The zero-order chi connectivity index (χ0) is 20.8. The van der Waals surface area contributed by atoms with Crippen LogP contribution >= 0.6 is 11.6 Å². The van der Waals surface area contributed by atoms with Gasteiger partial charge in [-0.2, -0.15) is 5.26 Å². The van der Waals surface area contributed by atoms with Gasteiger partial charge in [0.2, 0.25) is 11.7 Å². The third-order valence-corrected chi connectivity index (χ3v) is 4.54. The van der Waals surface area contributed by atoms with Crippen LogP contribution in [0, 0.1) is 25.2 Å². The number of halogens is 1. The predicted octanol–water partition coefficient (Wildman–Crippen LogP) is 2.99. The van der Waals surface area contributed by atoms with Crippen LogP contribution in [0.1, 0.15) is 33.5 Å². The normalized spacial score (nSPS) is 10.5. The summed E-state index contributed by atoms with van der Waals surface area (Å²) in [6, 6.07) is 6.81. The first-order valence-electron chi connectivity index (χ1n) is 8.59. The van der Waals surface area contributed by atoms with Crippen LogP contribution in [0.25, 0.3) is 0 Å². The van der Waals surface area contributed by atoms with E-state index in [0.29, 0.717) is 23.8 Å². The van der Waals surface area contributed by atoms with Gasteiger partial charge in [0.1, 0.15) is 17.4 Å². The molecule has 2 aromatic rings. The highest BCUT2D eigenvalue weighted by Gasteiger charge is 2.24.